The van der Waals surface area contributed by atoms with E-state index in [-0.39, 0.29) is 0 Å². The average molecular weight is 532 g/mol. The van der Waals surface area contributed by atoms with Gasteiger partial charge in [0.25, 0.3) is 0 Å². The first-order valence-corrected chi connectivity index (χ1v) is 17.5. The molecule has 0 N–H and O–H groups in total. The van der Waals surface area contributed by atoms with Gasteiger partial charge in [-0.15, -0.1) is 0 Å². The van der Waals surface area contributed by atoms with Crippen LogP contribution in [0.4, 0.5) is 0 Å². The molecule has 4 nitrogen and oxygen atoms in total. The van der Waals surface area contributed by atoms with Gasteiger partial charge in [-0.05, 0) is 0 Å². The van der Waals surface area contributed by atoms with Crippen LogP contribution in [0.25, 0.3) is 0 Å². The Morgan fingerprint density at radius 1 is 0.710 bits per heavy atom. The van der Waals surface area contributed by atoms with Gasteiger partial charge in [0.1, 0.15) is 0 Å². The van der Waals surface area contributed by atoms with Crippen molar-refractivity contribution in [3.05, 3.63) is 91.5 Å². The first-order chi connectivity index (χ1) is 15.0. The van der Waals surface area contributed by atoms with E-state index in [4.69, 9.17) is 5.63 Å². The minimum absolute atomic E-state index is 0.592. The van der Waals surface area contributed by atoms with E-state index in [1.807, 2.05) is 60.7 Å². The molecular weight excluding hydrogens is 508 g/mol. The van der Waals surface area contributed by atoms with Crippen LogP contribution in [0, 0.1) is 0 Å². The molecule has 160 valence electrons. The monoisotopic (exact) mass is 530 g/mol. The molecule has 2 aromatic carbocycles. The molecule has 0 aromatic heterocycles. The summed E-state index contributed by atoms with van der Waals surface area (Å²) >= 11 is -4.25. The fourth-order valence-electron chi connectivity index (χ4n) is 3.73. The van der Waals surface area contributed by atoms with Gasteiger partial charge < -0.3 is 0 Å². The number of para-hydroxylation sites is 2. The Labute approximate surface area is 193 Å². The zero-order chi connectivity index (χ0) is 21.8. The van der Waals surface area contributed by atoms with Crippen LogP contribution in [0.1, 0.15) is 12.8 Å². The fraction of sp³-hybridized carbons (Fsp3) is 0.167. The van der Waals surface area contributed by atoms with Crippen molar-refractivity contribution < 1.29 is 35.2 Å². The van der Waals surface area contributed by atoms with E-state index in [2.05, 4.69) is 24.3 Å². The number of benzene rings is 2. The van der Waals surface area contributed by atoms with Crippen LogP contribution in [0.15, 0.2) is 101 Å². The summed E-state index contributed by atoms with van der Waals surface area (Å²) in [6.07, 6.45) is 17.3. The molecule has 0 bridgehead atoms. The maximum absolute atomic E-state index is 12.4. The molecule has 0 saturated carbocycles. The Kier molecular flexibility index (Phi) is 7.05. The molecule has 2 atom stereocenters. The quantitative estimate of drug-likeness (QED) is 0.464. The van der Waals surface area contributed by atoms with Crippen LogP contribution in [-0.4, -0.2) is 20.9 Å². The Morgan fingerprint density at radius 3 is 1.48 bits per heavy atom. The van der Waals surface area contributed by atoms with Gasteiger partial charge in [0.15, 0.2) is 0 Å². The molecule has 0 fully saturated rings. The van der Waals surface area contributed by atoms with Gasteiger partial charge in [-0.1, -0.05) is 0 Å². The standard InChI is InChI=1S/2C7H8O2S.2C5H5.Zr/c2*1-10(9)7-5-3-2-4-6(7)8;2*1-2-4-5-3-1;/h2*2-5,8H,1H3;2*1-3H,4H2;/q;;;;+2/p-2. The van der Waals surface area contributed by atoms with Crippen molar-refractivity contribution in [3.8, 4) is 11.5 Å². The number of allylic oxidation sites excluding steroid dienone is 8. The molecule has 0 spiro atoms. The van der Waals surface area contributed by atoms with E-state index in [1.54, 1.807) is 12.5 Å². The van der Waals surface area contributed by atoms with E-state index in [1.165, 1.54) is 0 Å². The van der Waals surface area contributed by atoms with Crippen LogP contribution in [0.2, 0.25) is 0 Å². The summed E-state index contributed by atoms with van der Waals surface area (Å²) in [5.74, 6) is 1.18. The molecule has 0 saturated heterocycles. The van der Waals surface area contributed by atoms with Gasteiger partial charge in [0, 0.05) is 0 Å². The normalized spacial score (nSPS) is 17.2. The molecule has 2 aliphatic rings. The van der Waals surface area contributed by atoms with Gasteiger partial charge in [-0.2, -0.15) is 0 Å². The second-order valence-electron chi connectivity index (χ2n) is 7.27. The average Bonchev–Trinajstić information content (AvgIpc) is 3.48. The predicted octanol–water partition coefficient (Wildman–Crippen LogP) is 5.29. The molecule has 0 aliphatic heterocycles. The van der Waals surface area contributed by atoms with Crippen molar-refractivity contribution in [2.45, 2.75) is 22.6 Å². The zero-order valence-electron chi connectivity index (χ0n) is 17.4. The van der Waals surface area contributed by atoms with Crippen molar-refractivity contribution in [3.63, 3.8) is 0 Å². The van der Waals surface area contributed by atoms with Gasteiger partial charge in [-0.25, -0.2) is 0 Å². The number of hydrogen-bond donors (Lipinski definition) is 0. The molecule has 4 rings (SSSR count). The first-order valence-electron chi connectivity index (χ1n) is 9.96. The van der Waals surface area contributed by atoms with Crippen LogP contribution in [0.3, 0.4) is 0 Å². The SMILES string of the molecule is CS(=O)c1ccccc1[O][Zr]([O]c1ccccc1S(C)=O)([C]1=CC=CC1)[C]1=CC=CC1. The number of rotatable bonds is 8. The van der Waals surface area contributed by atoms with E-state index >= 15 is 0 Å². The van der Waals surface area contributed by atoms with Gasteiger partial charge in [0.2, 0.25) is 0 Å². The second kappa shape index (κ2) is 9.76. The van der Waals surface area contributed by atoms with E-state index < -0.39 is 42.7 Å². The summed E-state index contributed by atoms with van der Waals surface area (Å²) in [4.78, 5) is 1.30. The summed E-state index contributed by atoms with van der Waals surface area (Å²) in [7, 11) is -2.40. The van der Waals surface area contributed by atoms with Crippen LogP contribution >= 0.6 is 0 Å². The minimum atomic E-state index is -4.25. The van der Waals surface area contributed by atoms with Crippen molar-refractivity contribution >= 4 is 21.6 Å². The molecule has 2 unspecified atom stereocenters. The third-order valence-corrected chi connectivity index (χ3v) is 15.6. The van der Waals surface area contributed by atoms with Gasteiger partial charge in [-0.3, -0.25) is 0 Å². The van der Waals surface area contributed by atoms with Gasteiger partial charge >= 0.3 is 195 Å². The maximum atomic E-state index is 12.4. The number of hydrogen-bond acceptors (Lipinski definition) is 4. The Balaban J connectivity index is 1.88. The van der Waals surface area contributed by atoms with Crippen LogP contribution in [0.5, 0.6) is 11.5 Å². The van der Waals surface area contributed by atoms with Gasteiger partial charge in [0.05, 0.1) is 0 Å². The third kappa shape index (κ3) is 4.69. The van der Waals surface area contributed by atoms with Crippen LogP contribution < -0.4 is 5.63 Å². The fourth-order valence-corrected chi connectivity index (χ4v) is 13.7. The molecule has 7 heteroatoms. The Morgan fingerprint density at radius 2 is 1.13 bits per heavy atom. The topological polar surface area (TPSA) is 52.6 Å². The summed E-state index contributed by atoms with van der Waals surface area (Å²) in [6, 6.07) is 14.9. The van der Waals surface area contributed by atoms with Crippen molar-refractivity contribution in [2.75, 3.05) is 12.5 Å². The summed E-state index contributed by atoms with van der Waals surface area (Å²) < 4.78 is 40.9. The van der Waals surface area contributed by atoms with E-state index in [0.717, 1.165) is 19.4 Å². The van der Waals surface area contributed by atoms with Crippen LogP contribution in [-0.2, 0) is 42.7 Å². The Hall–Kier alpha value is -1.82. The zero-order valence-corrected chi connectivity index (χ0v) is 21.5. The second-order valence-corrected chi connectivity index (χ2v) is 17.2. The van der Waals surface area contributed by atoms with Crippen molar-refractivity contribution in [1.82, 2.24) is 0 Å². The molecule has 0 amide bonds. The Bertz CT molecular complexity index is 1070. The van der Waals surface area contributed by atoms with E-state index in [9.17, 15) is 8.42 Å². The molecule has 2 aromatic rings. The summed E-state index contributed by atoms with van der Waals surface area (Å²) in [5.41, 5.74) is 0. The molecule has 0 radical (unpaired) electrons. The molecule has 2 aliphatic carbocycles. The molecule has 0 heterocycles. The third-order valence-electron chi connectivity index (χ3n) is 5.21. The van der Waals surface area contributed by atoms with E-state index in [0.29, 0.717) is 21.3 Å². The van der Waals surface area contributed by atoms with Crippen molar-refractivity contribution in [2.24, 2.45) is 0 Å². The summed E-state index contributed by atoms with van der Waals surface area (Å²) in [5, 5.41) is 0. The molecular formula is C24H24O4S2Zr. The predicted molar refractivity (Wildman–Crippen MR) is 122 cm³/mol. The first kappa shape index (κ1) is 22.4. The summed E-state index contributed by atoms with van der Waals surface area (Å²) in [6.45, 7) is 0. The molecule has 31 heavy (non-hydrogen) atoms. The van der Waals surface area contributed by atoms with Crippen molar-refractivity contribution in [1.29, 1.82) is 0 Å².